The summed E-state index contributed by atoms with van der Waals surface area (Å²) in [4.78, 5) is 19.2. The van der Waals surface area contributed by atoms with Gasteiger partial charge in [0.05, 0.1) is 6.04 Å². The zero-order valence-electron chi connectivity index (χ0n) is 10.5. The smallest absolute Gasteiger partial charge is 0.241 e. The first-order valence-corrected chi connectivity index (χ1v) is 6.47. The summed E-state index contributed by atoms with van der Waals surface area (Å²) in [5.41, 5.74) is 1.82. The molecule has 2 heterocycles. The van der Waals surface area contributed by atoms with E-state index in [1.54, 1.807) is 12.4 Å². The molecule has 1 fully saturated rings. The van der Waals surface area contributed by atoms with Crippen LogP contribution in [0, 0.1) is 0 Å². The van der Waals surface area contributed by atoms with E-state index in [0.29, 0.717) is 0 Å². The minimum absolute atomic E-state index is 0.0447. The topological polar surface area (TPSA) is 69.8 Å². The molecule has 1 aromatic carbocycles. The zero-order chi connectivity index (χ0) is 13.1. The van der Waals surface area contributed by atoms with Crippen LogP contribution in [0.15, 0.2) is 36.7 Å². The third kappa shape index (κ3) is 2.66. The normalized spacial score (nSPS) is 18.4. The Bertz CT molecular complexity index is 541. The summed E-state index contributed by atoms with van der Waals surface area (Å²) in [5.74, 6) is 0.874. The molecule has 3 N–H and O–H groups in total. The van der Waals surface area contributed by atoms with E-state index in [4.69, 9.17) is 0 Å². The van der Waals surface area contributed by atoms with Gasteiger partial charge in [0, 0.05) is 23.6 Å². The molecule has 2 aromatic rings. The summed E-state index contributed by atoms with van der Waals surface area (Å²) in [6.07, 6.45) is 5.49. The second kappa shape index (κ2) is 5.24. The second-order valence-corrected chi connectivity index (χ2v) is 4.65. The molecule has 1 atom stereocenters. The monoisotopic (exact) mass is 256 g/mol. The van der Waals surface area contributed by atoms with E-state index in [1.807, 2.05) is 24.3 Å². The van der Waals surface area contributed by atoms with Crippen LogP contribution < -0.4 is 10.6 Å². The van der Waals surface area contributed by atoms with Crippen LogP contribution in [0.3, 0.4) is 0 Å². The van der Waals surface area contributed by atoms with Crippen LogP contribution in [0.5, 0.6) is 0 Å². The predicted molar refractivity (Wildman–Crippen MR) is 73.7 cm³/mol. The molecule has 5 nitrogen and oxygen atoms in total. The van der Waals surface area contributed by atoms with Crippen LogP contribution in [0.1, 0.15) is 12.8 Å². The van der Waals surface area contributed by atoms with E-state index in [9.17, 15) is 4.79 Å². The van der Waals surface area contributed by atoms with Crippen molar-refractivity contribution in [3.05, 3.63) is 36.7 Å². The Balaban J connectivity index is 1.67. The Hall–Kier alpha value is -2.14. The fourth-order valence-electron chi connectivity index (χ4n) is 2.27. The van der Waals surface area contributed by atoms with Crippen molar-refractivity contribution in [2.24, 2.45) is 0 Å². The fourth-order valence-corrected chi connectivity index (χ4v) is 2.27. The third-order valence-electron chi connectivity index (χ3n) is 3.30. The first-order chi connectivity index (χ1) is 9.33. The van der Waals surface area contributed by atoms with Gasteiger partial charge < -0.3 is 15.6 Å². The molecule has 1 amide bonds. The summed E-state index contributed by atoms with van der Waals surface area (Å²) in [6.45, 7) is 0.926. The van der Waals surface area contributed by atoms with Gasteiger partial charge in [-0.1, -0.05) is 0 Å². The number of nitrogens with zero attached hydrogens (tertiary/aromatic N) is 1. The molecular formula is C14H16N4O. The summed E-state index contributed by atoms with van der Waals surface area (Å²) in [7, 11) is 0. The number of amides is 1. The lowest BCUT2D eigenvalue weighted by Gasteiger charge is -2.11. The van der Waals surface area contributed by atoms with Crippen molar-refractivity contribution in [2.75, 3.05) is 11.9 Å². The van der Waals surface area contributed by atoms with Crippen molar-refractivity contribution in [1.29, 1.82) is 0 Å². The van der Waals surface area contributed by atoms with Crippen molar-refractivity contribution in [1.82, 2.24) is 15.3 Å². The largest absolute Gasteiger partial charge is 0.345 e. The first-order valence-electron chi connectivity index (χ1n) is 6.47. The van der Waals surface area contributed by atoms with Crippen LogP contribution in [0.2, 0.25) is 0 Å². The lowest BCUT2D eigenvalue weighted by Crippen LogP contribution is -2.35. The SMILES string of the molecule is O=C(Nc1ccc(-c2ncc[nH]2)cc1)[C@@H]1CCCN1. The minimum Gasteiger partial charge on any atom is -0.345 e. The summed E-state index contributed by atoms with van der Waals surface area (Å²) in [5, 5.41) is 6.11. The Kier molecular flexibility index (Phi) is 3.29. The Morgan fingerprint density at radius 2 is 2.16 bits per heavy atom. The van der Waals surface area contributed by atoms with E-state index in [-0.39, 0.29) is 11.9 Å². The Morgan fingerprint density at radius 1 is 1.32 bits per heavy atom. The first kappa shape index (κ1) is 11.9. The van der Waals surface area contributed by atoms with Gasteiger partial charge in [-0.25, -0.2) is 4.98 Å². The zero-order valence-corrected chi connectivity index (χ0v) is 10.5. The quantitative estimate of drug-likeness (QED) is 0.783. The lowest BCUT2D eigenvalue weighted by molar-refractivity contribution is -0.117. The third-order valence-corrected chi connectivity index (χ3v) is 3.30. The van der Waals surface area contributed by atoms with Gasteiger partial charge in [0.2, 0.25) is 5.91 Å². The van der Waals surface area contributed by atoms with Gasteiger partial charge in [0.1, 0.15) is 5.82 Å². The van der Waals surface area contributed by atoms with Gasteiger partial charge in [-0.15, -0.1) is 0 Å². The number of carbonyl (C=O) groups excluding carboxylic acids is 1. The van der Waals surface area contributed by atoms with Gasteiger partial charge in [-0.3, -0.25) is 4.79 Å². The van der Waals surface area contributed by atoms with Crippen LogP contribution >= 0.6 is 0 Å². The standard InChI is InChI=1S/C14H16N4O/c19-14(12-2-1-7-15-12)18-11-5-3-10(4-6-11)13-16-8-9-17-13/h3-6,8-9,12,15H,1-2,7H2,(H,16,17)(H,18,19)/t12-/m0/s1. The highest BCUT2D eigenvalue weighted by Gasteiger charge is 2.21. The number of hydrogen-bond donors (Lipinski definition) is 3. The van der Waals surface area contributed by atoms with Crippen molar-refractivity contribution in [2.45, 2.75) is 18.9 Å². The Labute approximate surface area is 111 Å². The van der Waals surface area contributed by atoms with E-state index in [0.717, 1.165) is 36.5 Å². The van der Waals surface area contributed by atoms with Gasteiger partial charge >= 0.3 is 0 Å². The predicted octanol–water partition coefficient (Wildman–Crippen LogP) is 1.77. The number of anilines is 1. The number of nitrogens with one attached hydrogen (secondary N) is 3. The average Bonchev–Trinajstić information content (AvgIpc) is 3.13. The molecule has 19 heavy (non-hydrogen) atoms. The van der Waals surface area contributed by atoms with Crippen molar-refractivity contribution in [3.8, 4) is 11.4 Å². The molecule has 0 saturated carbocycles. The summed E-state index contributed by atoms with van der Waals surface area (Å²) >= 11 is 0. The highest BCUT2D eigenvalue weighted by atomic mass is 16.2. The lowest BCUT2D eigenvalue weighted by atomic mass is 10.2. The Morgan fingerprint density at radius 3 is 2.79 bits per heavy atom. The highest BCUT2D eigenvalue weighted by molar-refractivity contribution is 5.95. The number of aromatic nitrogens is 2. The molecule has 1 saturated heterocycles. The fraction of sp³-hybridized carbons (Fsp3) is 0.286. The van der Waals surface area contributed by atoms with Crippen molar-refractivity contribution >= 4 is 11.6 Å². The second-order valence-electron chi connectivity index (χ2n) is 4.65. The maximum atomic E-state index is 11.9. The summed E-state index contributed by atoms with van der Waals surface area (Å²) in [6, 6.07) is 7.62. The molecule has 98 valence electrons. The minimum atomic E-state index is -0.0512. The molecule has 1 aliphatic heterocycles. The van der Waals surface area contributed by atoms with Crippen LogP contribution in [0.25, 0.3) is 11.4 Å². The van der Waals surface area contributed by atoms with Gasteiger partial charge in [0.25, 0.3) is 0 Å². The molecule has 1 aromatic heterocycles. The van der Waals surface area contributed by atoms with Crippen molar-refractivity contribution in [3.63, 3.8) is 0 Å². The van der Waals surface area contributed by atoms with Crippen LogP contribution in [-0.2, 0) is 4.79 Å². The van der Waals surface area contributed by atoms with Crippen LogP contribution in [-0.4, -0.2) is 28.5 Å². The maximum Gasteiger partial charge on any atom is 0.241 e. The van der Waals surface area contributed by atoms with E-state index >= 15 is 0 Å². The number of benzene rings is 1. The number of H-pyrrole nitrogens is 1. The number of imidazole rings is 1. The molecule has 0 bridgehead atoms. The number of aromatic amines is 1. The molecule has 0 spiro atoms. The molecule has 0 unspecified atom stereocenters. The van der Waals surface area contributed by atoms with E-state index in [2.05, 4.69) is 20.6 Å². The van der Waals surface area contributed by atoms with Gasteiger partial charge in [-0.05, 0) is 43.7 Å². The molecule has 0 aliphatic carbocycles. The van der Waals surface area contributed by atoms with Gasteiger partial charge in [0.15, 0.2) is 0 Å². The van der Waals surface area contributed by atoms with E-state index < -0.39 is 0 Å². The molecular weight excluding hydrogens is 240 g/mol. The van der Waals surface area contributed by atoms with Crippen molar-refractivity contribution < 1.29 is 4.79 Å². The summed E-state index contributed by atoms with van der Waals surface area (Å²) < 4.78 is 0. The number of hydrogen-bond acceptors (Lipinski definition) is 3. The molecule has 3 rings (SSSR count). The average molecular weight is 256 g/mol. The maximum absolute atomic E-state index is 11.9. The molecule has 5 heteroatoms. The van der Waals surface area contributed by atoms with Crippen LogP contribution in [0.4, 0.5) is 5.69 Å². The number of carbonyl (C=O) groups is 1. The molecule has 1 aliphatic rings. The number of rotatable bonds is 3. The highest BCUT2D eigenvalue weighted by Crippen LogP contribution is 2.18. The van der Waals surface area contributed by atoms with E-state index in [1.165, 1.54) is 0 Å². The van der Waals surface area contributed by atoms with Gasteiger partial charge in [-0.2, -0.15) is 0 Å². The molecule has 0 radical (unpaired) electrons.